The van der Waals surface area contributed by atoms with Crippen LogP contribution in [-0.4, -0.2) is 35.8 Å². The number of hydrogen-bond donors (Lipinski definition) is 1. The van der Waals surface area contributed by atoms with Crippen molar-refractivity contribution in [3.05, 3.63) is 11.3 Å². The predicted octanol–water partition coefficient (Wildman–Crippen LogP) is 0.624. The fourth-order valence-corrected chi connectivity index (χ4v) is 1.88. The topological polar surface area (TPSA) is 69.3 Å². The fourth-order valence-electron chi connectivity index (χ4n) is 1.74. The molecule has 1 aliphatic heterocycles. The van der Waals surface area contributed by atoms with E-state index in [0.29, 0.717) is 13.0 Å². The molecule has 1 fully saturated rings. The van der Waals surface area contributed by atoms with Crippen molar-refractivity contribution in [1.82, 2.24) is 10.2 Å². The fraction of sp³-hybridized carbons (Fsp3) is 0.600. The van der Waals surface area contributed by atoms with Crippen molar-refractivity contribution in [1.29, 1.82) is 0 Å². The average molecular weight is 246 g/mol. The normalized spacial score (nSPS) is 21.0. The molecule has 89 valence electrons. The maximum atomic E-state index is 11.7. The molecule has 1 heterocycles. The van der Waals surface area contributed by atoms with Crippen molar-refractivity contribution in [3.63, 3.8) is 0 Å². The Bertz CT molecular complexity index is 317. The van der Waals surface area contributed by atoms with Gasteiger partial charge >= 0.3 is 0 Å². The highest BCUT2D eigenvalue weighted by molar-refractivity contribution is 6.25. The molecular weight excluding hydrogens is 232 g/mol. The number of nitrogens with one attached hydrogen (secondary N) is 1. The molecule has 1 N–H and O–H groups in total. The second-order valence-corrected chi connectivity index (χ2v) is 3.88. The molecule has 0 unspecified atom stereocenters. The molecule has 0 aliphatic carbocycles. The number of amides is 2. The lowest BCUT2D eigenvalue weighted by Gasteiger charge is -2.22. The Hall–Kier alpha value is -1.23. The van der Waals surface area contributed by atoms with Crippen LogP contribution < -0.4 is 5.32 Å². The van der Waals surface area contributed by atoms with E-state index in [4.69, 9.17) is 11.6 Å². The molecule has 1 atom stereocenters. The summed E-state index contributed by atoms with van der Waals surface area (Å²) in [5.74, 6) is -0.765. The Morgan fingerprint density at radius 2 is 2.25 bits per heavy atom. The van der Waals surface area contributed by atoms with Crippen molar-refractivity contribution in [3.8, 4) is 0 Å². The van der Waals surface area contributed by atoms with Crippen LogP contribution in [0, 0.1) is 0 Å². The maximum Gasteiger partial charge on any atom is 0.242 e. The summed E-state index contributed by atoms with van der Waals surface area (Å²) in [4.78, 5) is 23.8. The van der Waals surface area contributed by atoms with E-state index < -0.39 is 6.04 Å². The van der Waals surface area contributed by atoms with Gasteiger partial charge in [-0.05, 0) is 12.8 Å². The highest BCUT2D eigenvalue weighted by atomic mass is 35.5. The van der Waals surface area contributed by atoms with E-state index in [-0.39, 0.29) is 24.1 Å². The number of carbonyl (C=O) groups excluding carboxylic acids is 2. The van der Waals surface area contributed by atoms with E-state index >= 15 is 0 Å². The molecule has 0 saturated carbocycles. The van der Waals surface area contributed by atoms with Crippen LogP contribution in [-0.2, 0) is 14.7 Å². The van der Waals surface area contributed by atoms with E-state index in [0.717, 1.165) is 12.0 Å². The van der Waals surface area contributed by atoms with Crippen LogP contribution in [0.5, 0.6) is 0 Å². The van der Waals surface area contributed by atoms with Crippen LogP contribution >= 0.6 is 11.6 Å². The summed E-state index contributed by atoms with van der Waals surface area (Å²) < 4.78 is 0. The summed E-state index contributed by atoms with van der Waals surface area (Å²) in [5.41, 5.74) is 0.967. The molecule has 1 aliphatic rings. The van der Waals surface area contributed by atoms with Crippen molar-refractivity contribution >= 4 is 23.4 Å². The highest BCUT2D eigenvalue weighted by Crippen LogP contribution is 2.23. The first-order chi connectivity index (χ1) is 7.56. The zero-order valence-corrected chi connectivity index (χ0v) is 9.79. The summed E-state index contributed by atoms with van der Waals surface area (Å²) in [6.45, 7) is 1.81. The molecule has 0 aromatic heterocycles. The lowest BCUT2D eigenvalue weighted by Crippen LogP contribution is -2.42. The number of hydrogen-bond acceptors (Lipinski definition) is 2. The SMILES string of the molecule is CC(=O)NCC(=O)N1CCC[C@H]1C([O])=CCl. The molecule has 6 heteroatoms. The summed E-state index contributed by atoms with van der Waals surface area (Å²) in [7, 11) is 0. The molecule has 1 radical (unpaired) electrons. The third-order valence-corrected chi connectivity index (χ3v) is 2.71. The standard InChI is InChI=1S/C10H14ClN2O3/c1-7(14)12-6-10(16)13-4-2-3-8(13)9(15)5-11/h5,8H,2-4,6H2,1H3,(H,12,14)/t8-/m0/s1. The lowest BCUT2D eigenvalue weighted by molar-refractivity contribution is -0.133. The zero-order chi connectivity index (χ0) is 12.1. The largest absolute Gasteiger partial charge is 0.347 e. The molecule has 1 rings (SSSR count). The smallest absolute Gasteiger partial charge is 0.242 e. The molecule has 0 bridgehead atoms. The lowest BCUT2D eigenvalue weighted by atomic mass is 10.2. The van der Waals surface area contributed by atoms with Gasteiger partial charge in [-0.15, -0.1) is 0 Å². The summed E-state index contributed by atoms with van der Waals surface area (Å²) >= 11 is 5.35. The van der Waals surface area contributed by atoms with Crippen molar-refractivity contribution in [2.45, 2.75) is 25.8 Å². The first-order valence-electron chi connectivity index (χ1n) is 5.07. The third kappa shape index (κ3) is 3.13. The second kappa shape index (κ2) is 5.75. The van der Waals surface area contributed by atoms with Crippen LogP contribution in [0.1, 0.15) is 19.8 Å². The van der Waals surface area contributed by atoms with Gasteiger partial charge < -0.3 is 10.2 Å². The van der Waals surface area contributed by atoms with Crippen LogP contribution in [0.3, 0.4) is 0 Å². The van der Waals surface area contributed by atoms with Gasteiger partial charge in [-0.1, -0.05) is 11.6 Å². The number of nitrogens with zero attached hydrogens (tertiary/aromatic N) is 1. The van der Waals surface area contributed by atoms with Gasteiger partial charge in [0.1, 0.15) is 0 Å². The Labute approximate surface area is 99.1 Å². The van der Waals surface area contributed by atoms with Crippen LogP contribution in [0.4, 0.5) is 0 Å². The Balaban J connectivity index is 2.57. The van der Waals surface area contributed by atoms with Gasteiger partial charge in [0.2, 0.25) is 11.8 Å². The van der Waals surface area contributed by atoms with Crippen molar-refractivity contribution in [2.75, 3.05) is 13.1 Å². The minimum Gasteiger partial charge on any atom is -0.347 e. The first-order valence-corrected chi connectivity index (χ1v) is 5.51. The van der Waals surface area contributed by atoms with E-state index in [1.54, 1.807) is 0 Å². The predicted molar refractivity (Wildman–Crippen MR) is 58.0 cm³/mol. The summed E-state index contributed by atoms with van der Waals surface area (Å²) in [5, 5.41) is 13.8. The van der Waals surface area contributed by atoms with Crippen molar-refractivity contribution in [2.24, 2.45) is 0 Å². The van der Waals surface area contributed by atoms with Gasteiger partial charge in [-0.3, -0.25) is 14.7 Å². The van der Waals surface area contributed by atoms with Gasteiger partial charge in [0.15, 0.2) is 5.76 Å². The third-order valence-electron chi connectivity index (χ3n) is 2.50. The number of halogens is 1. The van der Waals surface area contributed by atoms with Crippen LogP contribution in [0.25, 0.3) is 0 Å². The van der Waals surface area contributed by atoms with Crippen LogP contribution in [0.15, 0.2) is 11.3 Å². The zero-order valence-electron chi connectivity index (χ0n) is 9.03. The quantitative estimate of drug-likeness (QED) is 0.741. The molecule has 0 spiro atoms. The van der Waals surface area contributed by atoms with Crippen molar-refractivity contribution < 1.29 is 14.7 Å². The van der Waals surface area contributed by atoms with E-state index in [9.17, 15) is 14.7 Å². The van der Waals surface area contributed by atoms with Crippen LogP contribution in [0.2, 0.25) is 0 Å². The van der Waals surface area contributed by atoms with Gasteiger partial charge in [0, 0.05) is 19.0 Å². The Morgan fingerprint density at radius 3 is 2.81 bits per heavy atom. The summed E-state index contributed by atoms with van der Waals surface area (Å²) in [6, 6.07) is -0.459. The van der Waals surface area contributed by atoms with Gasteiger partial charge in [-0.2, -0.15) is 0 Å². The maximum absolute atomic E-state index is 11.7. The molecule has 2 amide bonds. The minimum atomic E-state index is -0.459. The van der Waals surface area contributed by atoms with Gasteiger partial charge in [-0.25, -0.2) is 0 Å². The molecule has 16 heavy (non-hydrogen) atoms. The number of rotatable bonds is 3. The Morgan fingerprint density at radius 1 is 1.56 bits per heavy atom. The number of likely N-dealkylation sites (tertiary alicyclic amines) is 1. The van der Waals surface area contributed by atoms with Gasteiger partial charge in [0.25, 0.3) is 0 Å². The van der Waals surface area contributed by atoms with E-state index in [2.05, 4.69) is 5.32 Å². The first kappa shape index (κ1) is 12.8. The summed E-state index contributed by atoms with van der Waals surface area (Å²) in [6.07, 6.45) is 1.42. The Kier molecular flexibility index (Phi) is 4.61. The van der Waals surface area contributed by atoms with E-state index in [1.165, 1.54) is 11.8 Å². The highest BCUT2D eigenvalue weighted by Gasteiger charge is 2.32. The minimum absolute atomic E-state index is 0.0681. The molecular formula is C10H14ClN2O3. The number of carbonyl (C=O) groups is 2. The molecule has 5 nitrogen and oxygen atoms in total. The van der Waals surface area contributed by atoms with E-state index in [1.807, 2.05) is 0 Å². The van der Waals surface area contributed by atoms with Gasteiger partial charge in [0.05, 0.1) is 12.6 Å². The monoisotopic (exact) mass is 245 g/mol. The average Bonchev–Trinajstić information content (AvgIpc) is 2.73. The molecule has 1 saturated heterocycles. The molecule has 0 aromatic carbocycles. The molecule has 0 aromatic rings. The second-order valence-electron chi connectivity index (χ2n) is 3.67.